The SMILES string of the molecule is CC1Cc2ccc(Oc3nc(Cl)cc(Cl)n3)c(F)c2C1. The molecule has 1 unspecified atom stereocenters. The van der Waals surface area contributed by atoms with Gasteiger partial charge in [-0.2, -0.15) is 9.97 Å². The van der Waals surface area contributed by atoms with Crippen LogP contribution in [0.5, 0.6) is 11.8 Å². The minimum atomic E-state index is -0.355. The first-order chi connectivity index (χ1) is 9.52. The number of aromatic nitrogens is 2. The quantitative estimate of drug-likeness (QED) is 0.768. The molecule has 104 valence electrons. The maximum atomic E-state index is 14.4. The zero-order valence-corrected chi connectivity index (χ0v) is 12.2. The minimum absolute atomic E-state index is 0.0626. The molecule has 0 N–H and O–H groups in total. The van der Waals surface area contributed by atoms with Gasteiger partial charge in [-0.1, -0.05) is 36.2 Å². The third kappa shape index (κ3) is 2.58. The molecule has 1 aliphatic rings. The van der Waals surface area contributed by atoms with Gasteiger partial charge in [0, 0.05) is 6.07 Å². The first-order valence-corrected chi connectivity index (χ1v) is 6.96. The van der Waals surface area contributed by atoms with Crippen molar-refractivity contribution >= 4 is 23.2 Å². The molecule has 1 atom stereocenters. The van der Waals surface area contributed by atoms with Crippen LogP contribution in [0.3, 0.4) is 0 Å². The van der Waals surface area contributed by atoms with Crippen LogP contribution in [0.1, 0.15) is 18.1 Å². The number of ether oxygens (including phenoxy) is 1. The fraction of sp³-hybridized carbons (Fsp3) is 0.286. The molecule has 3 nitrogen and oxygen atoms in total. The first-order valence-electron chi connectivity index (χ1n) is 6.21. The lowest BCUT2D eigenvalue weighted by Crippen LogP contribution is -1.98. The number of hydrogen-bond donors (Lipinski definition) is 0. The Morgan fingerprint density at radius 1 is 1.20 bits per heavy atom. The normalized spacial score (nSPS) is 17.1. The van der Waals surface area contributed by atoms with Crippen molar-refractivity contribution in [1.29, 1.82) is 0 Å². The zero-order chi connectivity index (χ0) is 14.3. The van der Waals surface area contributed by atoms with Gasteiger partial charge < -0.3 is 4.74 Å². The van der Waals surface area contributed by atoms with Gasteiger partial charge in [-0.05, 0) is 36.0 Å². The summed E-state index contributed by atoms with van der Waals surface area (Å²) in [5.41, 5.74) is 1.75. The van der Waals surface area contributed by atoms with Crippen molar-refractivity contribution in [3.63, 3.8) is 0 Å². The molecule has 6 heteroatoms. The predicted octanol–water partition coefficient (Wildman–Crippen LogP) is 4.45. The van der Waals surface area contributed by atoms with Crippen LogP contribution in [0.15, 0.2) is 18.2 Å². The lowest BCUT2D eigenvalue weighted by atomic mass is 10.1. The monoisotopic (exact) mass is 312 g/mol. The number of halogens is 3. The number of hydrogen-bond acceptors (Lipinski definition) is 3. The van der Waals surface area contributed by atoms with Gasteiger partial charge >= 0.3 is 6.01 Å². The second-order valence-corrected chi connectivity index (χ2v) is 5.70. The fourth-order valence-corrected chi connectivity index (χ4v) is 2.85. The summed E-state index contributed by atoms with van der Waals surface area (Å²) in [6.07, 6.45) is 1.61. The fourth-order valence-electron chi connectivity index (χ4n) is 2.44. The predicted molar refractivity (Wildman–Crippen MR) is 75.1 cm³/mol. The summed E-state index contributed by atoms with van der Waals surface area (Å²) in [5.74, 6) is 0.189. The highest BCUT2D eigenvalue weighted by Gasteiger charge is 2.24. The second-order valence-electron chi connectivity index (χ2n) is 4.93. The van der Waals surface area contributed by atoms with Crippen LogP contribution in [-0.4, -0.2) is 9.97 Å². The third-order valence-corrected chi connectivity index (χ3v) is 3.66. The van der Waals surface area contributed by atoms with Crippen LogP contribution in [0.25, 0.3) is 0 Å². The molecule has 1 aliphatic carbocycles. The van der Waals surface area contributed by atoms with Crippen molar-refractivity contribution in [2.24, 2.45) is 5.92 Å². The molecule has 1 aromatic carbocycles. The number of benzene rings is 1. The highest BCUT2D eigenvalue weighted by Crippen LogP contribution is 2.34. The van der Waals surface area contributed by atoms with Crippen LogP contribution < -0.4 is 4.74 Å². The number of nitrogens with zero attached hydrogens (tertiary/aromatic N) is 2. The molecule has 0 radical (unpaired) electrons. The third-order valence-electron chi connectivity index (χ3n) is 3.27. The van der Waals surface area contributed by atoms with Gasteiger partial charge in [-0.15, -0.1) is 0 Å². The smallest absolute Gasteiger partial charge is 0.324 e. The van der Waals surface area contributed by atoms with Crippen molar-refractivity contribution in [3.05, 3.63) is 45.4 Å². The summed E-state index contributed by atoms with van der Waals surface area (Å²) >= 11 is 11.5. The lowest BCUT2D eigenvalue weighted by Gasteiger charge is -2.08. The summed E-state index contributed by atoms with van der Waals surface area (Å²) in [5, 5.41) is 0.297. The van der Waals surface area contributed by atoms with Gasteiger partial charge in [0.1, 0.15) is 10.3 Å². The Kier molecular flexibility index (Phi) is 3.52. The molecule has 0 aliphatic heterocycles. The van der Waals surface area contributed by atoms with Crippen LogP contribution in [0.4, 0.5) is 4.39 Å². The molecule has 20 heavy (non-hydrogen) atoms. The molecule has 3 rings (SSSR count). The number of rotatable bonds is 2. The topological polar surface area (TPSA) is 35.0 Å². The Morgan fingerprint density at radius 2 is 1.90 bits per heavy atom. The Labute approximate surface area is 125 Å². The van der Waals surface area contributed by atoms with E-state index in [2.05, 4.69) is 16.9 Å². The van der Waals surface area contributed by atoms with Gasteiger partial charge in [0.25, 0.3) is 0 Å². The van der Waals surface area contributed by atoms with E-state index >= 15 is 0 Å². The molecule has 0 spiro atoms. The summed E-state index contributed by atoms with van der Waals surface area (Å²) in [6, 6.07) is 4.79. The van der Waals surface area contributed by atoms with E-state index in [1.165, 1.54) is 6.07 Å². The average Bonchev–Trinajstić information content (AvgIpc) is 2.73. The van der Waals surface area contributed by atoms with Crippen LogP contribution in [0, 0.1) is 11.7 Å². The van der Waals surface area contributed by atoms with Crippen molar-refractivity contribution in [3.8, 4) is 11.8 Å². The zero-order valence-electron chi connectivity index (χ0n) is 10.7. The van der Waals surface area contributed by atoms with E-state index in [0.29, 0.717) is 11.5 Å². The van der Waals surface area contributed by atoms with Crippen LogP contribution in [0.2, 0.25) is 10.3 Å². The second kappa shape index (κ2) is 5.19. The molecular weight excluding hydrogens is 302 g/mol. The highest BCUT2D eigenvalue weighted by atomic mass is 35.5. The average molecular weight is 313 g/mol. The Balaban J connectivity index is 1.94. The molecule has 0 fully saturated rings. The van der Waals surface area contributed by atoms with Crippen molar-refractivity contribution in [2.75, 3.05) is 0 Å². The van der Waals surface area contributed by atoms with Gasteiger partial charge in [-0.3, -0.25) is 0 Å². The number of fused-ring (bicyclic) bond motifs is 1. The summed E-state index contributed by atoms with van der Waals surface area (Å²) in [7, 11) is 0. The molecule has 0 saturated carbocycles. The molecule has 1 heterocycles. The standard InChI is InChI=1S/C14H11Cl2FN2O/c1-7-4-8-2-3-10(13(17)9(8)5-7)20-14-18-11(15)6-12(16)19-14/h2-3,6-7H,4-5H2,1H3. The van der Waals surface area contributed by atoms with Gasteiger partial charge in [0.2, 0.25) is 0 Å². The largest absolute Gasteiger partial charge is 0.421 e. The Bertz CT molecular complexity index is 658. The molecule has 0 amide bonds. The van der Waals surface area contributed by atoms with Crippen LogP contribution >= 0.6 is 23.2 Å². The minimum Gasteiger partial charge on any atom is -0.421 e. The molecule has 0 bridgehead atoms. The van der Waals surface area contributed by atoms with Gasteiger partial charge in [0.15, 0.2) is 11.6 Å². The first kappa shape index (κ1) is 13.6. The van der Waals surface area contributed by atoms with E-state index in [1.54, 1.807) is 6.07 Å². The maximum Gasteiger partial charge on any atom is 0.324 e. The van der Waals surface area contributed by atoms with Gasteiger partial charge in [-0.25, -0.2) is 4.39 Å². The van der Waals surface area contributed by atoms with E-state index < -0.39 is 0 Å². The molecule has 1 aromatic heterocycles. The highest BCUT2D eigenvalue weighted by molar-refractivity contribution is 6.33. The summed E-state index contributed by atoms with van der Waals surface area (Å²) in [4.78, 5) is 7.72. The van der Waals surface area contributed by atoms with Gasteiger partial charge in [0.05, 0.1) is 0 Å². The van der Waals surface area contributed by atoms with E-state index in [0.717, 1.165) is 18.4 Å². The van der Waals surface area contributed by atoms with Crippen molar-refractivity contribution in [1.82, 2.24) is 9.97 Å². The summed E-state index contributed by atoms with van der Waals surface area (Å²) < 4.78 is 19.8. The van der Waals surface area contributed by atoms with Crippen LogP contribution in [-0.2, 0) is 12.8 Å². The Morgan fingerprint density at radius 3 is 2.60 bits per heavy atom. The Hall–Kier alpha value is -1.39. The van der Waals surface area contributed by atoms with Crippen molar-refractivity contribution in [2.45, 2.75) is 19.8 Å². The molecular formula is C14H11Cl2FN2O. The molecule has 2 aromatic rings. The van der Waals surface area contributed by atoms with E-state index in [1.807, 2.05) is 6.07 Å². The van der Waals surface area contributed by atoms with E-state index in [-0.39, 0.29) is 27.9 Å². The lowest BCUT2D eigenvalue weighted by molar-refractivity contribution is 0.408. The molecule has 0 saturated heterocycles. The van der Waals surface area contributed by atoms with Crippen molar-refractivity contribution < 1.29 is 9.13 Å². The maximum absolute atomic E-state index is 14.4. The summed E-state index contributed by atoms with van der Waals surface area (Å²) in [6.45, 7) is 2.10. The van der Waals surface area contributed by atoms with E-state index in [4.69, 9.17) is 27.9 Å². The van der Waals surface area contributed by atoms with E-state index in [9.17, 15) is 4.39 Å².